The van der Waals surface area contributed by atoms with Crippen LogP contribution in [-0.4, -0.2) is 31.1 Å². The highest BCUT2D eigenvalue weighted by molar-refractivity contribution is 9.10. The summed E-state index contributed by atoms with van der Waals surface area (Å²) in [5.74, 6) is 0.691. The summed E-state index contributed by atoms with van der Waals surface area (Å²) < 4.78 is 1.12. The molecule has 1 unspecified atom stereocenters. The van der Waals surface area contributed by atoms with Gasteiger partial charge in [0.2, 0.25) is 0 Å². The molecule has 1 atom stereocenters. The number of nitrogens with one attached hydrogen (secondary N) is 1. The molecule has 1 aromatic rings. The van der Waals surface area contributed by atoms with Gasteiger partial charge in [-0.25, -0.2) is 0 Å². The van der Waals surface area contributed by atoms with E-state index in [0.717, 1.165) is 22.6 Å². The summed E-state index contributed by atoms with van der Waals surface area (Å²) in [5.41, 5.74) is 1.22. The van der Waals surface area contributed by atoms with Crippen LogP contribution >= 0.6 is 27.5 Å². The minimum atomic E-state index is 0.691. The molecule has 106 valence electrons. The second kappa shape index (κ2) is 7.63. The van der Waals surface area contributed by atoms with Crippen LogP contribution in [0.25, 0.3) is 0 Å². The molecule has 1 fully saturated rings. The lowest BCUT2D eigenvalue weighted by Crippen LogP contribution is -2.31. The lowest BCUT2D eigenvalue weighted by molar-refractivity contribution is 0.282. The number of nitrogens with zero attached hydrogens (tertiary/aromatic N) is 1. The van der Waals surface area contributed by atoms with Crippen LogP contribution in [0.1, 0.15) is 25.3 Å². The van der Waals surface area contributed by atoms with Gasteiger partial charge in [0, 0.05) is 22.6 Å². The van der Waals surface area contributed by atoms with E-state index in [0.29, 0.717) is 5.92 Å². The third-order valence-electron chi connectivity index (χ3n) is 3.58. The van der Waals surface area contributed by atoms with Gasteiger partial charge in [-0.1, -0.05) is 34.5 Å². The van der Waals surface area contributed by atoms with Crippen LogP contribution in [-0.2, 0) is 6.54 Å². The fourth-order valence-corrected chi connectivity index (χ4v) is 3.18. The van der Waals surface area contributed by atoms with E-state index in [-0.39, 0.29) is 0 Å². The van der Waals surface area contributed by atoms with Crippen molar-refractivity contribution in [1.82, 2.24) is 10.2 Å². The quantitative estimate of drug-likeness (QED) is 0.840. The molecule has 1 aromatic carbocycles. The Kier molecular flexibility index (Phi) is 6.14. The fraction of sp³-hybridized carbons (Fsp3) is 0.600. The van der Waals surface area contributed by atoms with E-state index in [1.807, 2.05) is 18.2 Å². The molecule has 0 aliphatic carbocycles. The number of likely N-dealkylation sites (tertiary alicyclic amines) is 1. The van der Waals surface area contributed by atoms with Crippen molar-refractivity contribution < 1.29 is 0 Å². The Morgan fingerprint density at radius 1 is 1.37 bits per heavy atom. The number of halogens is 2. The van der Waals surface area contributed by atoms with Crippen molar-refractivity contribution in [3.05, 3.63) is 33.3 Å². The third kappa shape index (κ3) is 5.07. The van der Waals surface area contributed by atoms with E-state index in [1.165, 1.54) is 38.0 Å². The molecular weight excluding hydrogens is 324 g/mol. The van der Waals surface area contributed by atoms with Crippen molar-refractivity contribution >= 4 is 27.5 Å². The number of hydrogen-bond acceptors (Lipinski definition) is 2. The predicted octanol–water partition coefficient (Wildman–Crippen LogP) is 3.92. The summed E-state index contributed by atoms with van der Waals surface area (Å²) in [7, 11) is 0. The number of hydrogen-bond donors (Lipinski definition) is 1. The molecule has 1 heterocycles. The van der Waals surface area contributed by atoms with Crippen LogP contribution < -0.4 is 5.32 Å². The van der Waals surface area contributed by atoms with Crippen molar-refractivity contribution in [1.29, 1.82) is 0 Å². The highest BCUT2D eigenvalue weighted by atomic mass is 79.9. The Hall–Kier alpha value is -0.0900. The van der Waals surface area contributed by atoms with Crippen LogP contribution in [0.5, 0.6) is 0 Å². The Morgan fingerprint density at radius 3 is 2.84 bits per heavy atom. The molecule has 0 bridgehead atoms. The maximum absolute atomic E-state index is 6.02. The van der Waals surface area contributed by atoms with Crippen LogP contribution in [0, 0.1) is 5.92 Å². The molecule has 1 N–H and O–H groups in total. The van der Waals surface area contributed by atoms with E-state index < -0.39 is 0 Å². The summed E-state index contributed by atoms with van der Waals surface area (Å²) in [6.07, 6.45) is 2.74. The van der Waals surface area contributed by atoms with E-state index >= 15 is 0 Å². The van der Waals surface area contributed by atoms with E-state index in [4.69, 9.17) is 11.6 Å². The maximum Gasteiger partial charge on any atom is 0.0410 e. The normalized spacial score (nSPS) is 17.8. The van der Waals surface area contributed by atoms with E-state index in [2.05, 4.69) is 33.1 Å². The van der Waals surface area contributed by atoms with Gasteiger partial charge in [0.05, 0.1) is 0 Å². The Labute approximate surface area is 129 Å². The number of rotatable bonds is 6. The van der Waals surface area contributed by atoms with Crippen molar-refractivity contribution in [2.75, 3.05) is 26.2 Å². The molecule has 0 spiro atoms. The summed E-state index contributed by atoms with van der Waals surface area (Å²) in [5, 5.41) is 4.32. The summed E-state index contributed by atoms with van der Waals surface area (Å²) >= 11 is 9.58. The van der Waals surface area contributed by atoms with Crippen LogP contribution in [0.4, 0.5) is 0 Å². The van der Waals surface area contributed by atoms with Crippen LogP contribution in [0.15, 0.2) is 22.7 Å². The molecule has 1 aliphatic heterocycles. The summed E-state index contributed by atoms with van der Waals surface area (Å²) in [6, 6.07) is 5.93. The SMILES string of the molecule is CC(CNCc1cc(Cl)ccc1Br)CN1CCCC1. The maximum atomic E-state index is 6.02. The van der Waals surface area contributed by atoms with Gasteiger partial charge in [0.1, 0.15) is 0 Å². The fourth-order valence-electron chi connectivity index (χ4n) is 2.60. The predicted molar refractivity (Wildman–Crippen MR) is 85.7 cm³/mol. The monoisotopic (exact) mass is 344 g/mol. The van der Waals surface area contributed by atoms with Crippen LogP contribution in [0.2, 0.25) is 5.02 Å². The molecule has 0 aromatic heterocycles. The molecule has 0 saturated carbocycles. The Bertz CT molecular complexity index is 405. The molecule has 0 amide bonds. The first-order chi connectivity index (χ1) is 9.15. The molecule has 2 nitrogen and oxygen atoms in total. The zero-order valence-corrected chi connectivity index (χ0v) is 13.8. The average molecular weight is 346 g/mol. The summed E-state index contributed by atoms with van der Waals surface area (Å²) in [4.78, 5) is 2.57. The van der Waals surface area contributed by atoms with Gasteiger partial charge in [-0.3, -0.25) is 0 Å². The molecule has 1 aliphatic rings. The number of benzene rings is 1. The van der Waals surface area contributed by atoms with Gasteiger partial charge in [-0.05, 0) is 62.2 Å². The largest absolute Gasteiger partial charge is 0.312 e. The second-order valence-corrected chi connectivity index (χ2v) is 6.77. The van der Waals surface area contributed by atoms with Crippen molar-refractivity contribution in [3.8, 4) is 0 Å². The average Bonchev–Trinajstić information content (AvgIpc) is 2.86. The highest BCUT2D eigenvalue weighted by Gasteiger charge is 2.14. The van der Waals surface area contributed by atoms with Gasteiger partial charge in [-0.15, -0.1) is 0 Å². The standard InChI is InChI=1S/C15H22BrClN2/c1-12(11-19-6-2-3-7-19)9-18-10-13-8-14(17)4-5-15(13)16/h4-5,8,12,18H,2-3,6-7,9-11H2,1H3. The lowest BCUT2D eigenvalue weighted by Gasteiger charge is -2.20. The lowest BCUT2D eigenvalue weighted by atomic mass is 10.1. The molecule has 0 radical (unpaired) electrons. The van der Waals surface area contributed by atoms with Gasteiger partial charge in [-0.2, -0.15) is 0 Å². The molecular formula is C15H22BrClN2. The smallest absolute Gasteiger partial charge is 0.0410 e. The Balaban J connectivity index is 1.71. The molecule has 1 saturated heterocycles. The van der Waals surface area contributed by atoms with Crippen molar-refractivity contribution in [2.24, 2.45) is 5.92 Å². The van der Waals surface area contributed by atoms with Crippen LogP contribution in [0.3, 0.4) is 0 Å². The second-order valence-electron chi connectivity index (χ2n) is 5.48. The molecule has 4 heteroatoms. The minimum Gasteiger partial charge on any atom is -0.312 e. The van der Waals surface area contributed by atoms with Gasteiger partial charge in [0.15, 0.2) is 0 Å². The minimum absolute atomic E-state index is 0.691. The topological polar surface area (TPSA) is 15.3 Å². The van der Waals surface area contributed by atoms with Gasteiger partial charge >= 0.3 is 0 Å². The third-order valence-corrected chi connectivity index (χ3v) is 4.59. The molecule has 19 heavy (non-hydrogen) atoms. The first kappa shape index (κ1) is 15.3. The van der Waals surface area contributed by atoms with Gasteiger partial charge in [0.25, 0.3) is 0 Å². The first-order valence-corrected chi connectivity index (χ1v) is 8.19. The Morgan fingerprint density at radius 2 is 2.11 bits per heavy atom. The summed E-state index contributed by atoms with van der Waals surface area (Å²) in [6.45, 7) is 8.01. The zero-order chi connectivity index (χ0) is 13.7. The zero-order valence-electron chi connectivity index (χ0n) is 11.5. The van der Waals surface area contributed by atoms with Gasteiger partial charge < -0.3 is 10.2 Å². The highest BCUT2D eigenvalue weighted by Crippen LogP contribution is 2.21. The van der Waals surface area contributed by atoms with Crippen molar-refractivity contribution in [2.45, 2.75) is 26.3 Å². The van der Waals surface area contributed by atoms with E-state index in [9.17, 15) is 0 Å². The molecule has 2 rings (SSSR count). The van der Waals surface area contributed by atoms with E-state index in [1.54, 1.807) is 0 Å². The first-order valence-electron chi connectivity index (χ1n) is 7.02. The van der Waals surface area contributed by atoms with Crippen molar-refractivity contribution in [3.63, 3.8) is 0 Å².